The molecule has 30 heavy (non-hydrogen) atoms. The summed E-state index contributed by atoms with van der Waals surface area (Å²) in [6.45, 7) is 6.17. The minimum Gasteiger partial charge on any atom is -0.372 e. The minimum atomic E-state index is -0.566. The van der Waals surface area contributed by atoms with Crippen LogP contribution >= 0.6 is 23.1 Å². The van der Waals surface area contributed by atoms with Gasteiger partial charge in [0.15, 0.2) is 11.0 Å². The second-order valence-electron chi connectivity index (χ2n) is 6.45. The van der Waals surface area contributed by atoms with Gasteiger partial charge in [-0.15, -0.1) is 21.5 Å². The summed E-state index contributed by atoms with van der Waals surface area (Å²) in [6, 6.07) is 9.81. The van der Waals surface area contributed by atoms with Gasteiger partial charge in [0.2, 0.25) is 5.91 Å². The second-order valence-corrected chi connectivity index (χ2v) is 8.31. The third-order valence-electron chi connectivity index (χ3n) is 4.60. The fourth-order valence-electron chi connectivity index (χ4n) is 2.99. The number of nitrogens with two attached hydrogens (primary N) is 1. The number of anilines is 2. The van der Waals surface area contributed by atoms with Gasteiger partial charge < -0.3 is 20.5 Å². The Morgan fingerprint density at radius 3 is 2.50 bits per heavy atom. The fourth-order valence-corrected chi connectivity index (χ4v) is 4.51. The first-order valence-electron chi connectivity index (χ1n) is 9.49. The van der Waals surface area contributed by atoms with Crippen LogP contribution in [0, 0.1) is 0 Å². The Hall–Kier alpha value is -2.85. The summed E-state index contributed by atoms with van der Waals surface area (Å²) in [5, 5.41) is 14.0. The summed E-state index contributed by atoms with van der Waals surface area (Å²) in [4.78, 5) is 25.9. The Labute approximate surface area is 183 Å². The number of primary amides is 1. The molecule has 0 bridgehead atoms. The molecule has 10 heteroatoms. The van der Waals surface area contributed by atoms with Crippen LogP contribution in [0.3, 0.4) is 0 Å². The molecule has 0 aliphatic rings. The first-order chi connectivity index (χ1) is 14.4. The van der Waals surface area contributed by atoms with E-state index in [4.69, 9.17) is 5.73 Å². The van der Waals surface area contributed by atoms with Gasteiger partial charge in [0, 0.05) is 31.4 Å². The third-order valence-corrected chi connectivity index (χ3v) is 6.46. The molecular weight excluding hydrogens is 420 g/mol. The monoisotopic (exact) mass is 444 g/mol. The molecule has 158 valence electrons. The highest BCUT2D eigenvalue weighted by atomic mass is 32.2. The molecular formula is C20H24N6O2S2. The van der Waals surface area contributed by atoms with Crippen molar-refractivity contribution in [1.82, 2.24) is 14.8 Å². The van der Waals surface area contributed by atoms with E-state index >= 15 is 0 Å². The van der Waals surface area contributed by atoms with E-state index in [1.807, 2.05) is 23.7 Å². The first-order valence-corrected chi connectivity index (χ1v) is 11.4. The maximum Gasteiger partial charge on any atom is 0.251 e. The molecule has 3 aromatic rings. The van der Waals surface area contributed by atoms with Crippen molar-refractivity contribution < 1.29 is 9.59 Å². The van der Waals surface area contributed by atoms with Crippen LogP contribution in [-0.2, 0) is 11.8 Å². The van der Waals surface area contributed by atoms with Gasteiger partial charge in [0.1, 0.15) is 5.00 Å². The van der Waals surface area contributed by atoms with Crippen LogP contribution in [0.5, 0.6) is 0 Å². The van der Waals surface area contributed by atoms with Crippen LogP contribution in [0.15, 0.2) is 40.9 Å². The zero-order valence-electron chi connectivity index (χ0n) is 17.1. The van der Waals surface area contributed by atoms with E-state index in [-0.39, 0.29) is 11.7 Å². The van der Waals surface area contributed by atoms with Crippen LogP contribution in [-0.4, -0.2) is 45.4 Å². The Bertz CT molecular complexity index is 1020. The van der Waals surface area contributed by atoms with E-state index in [9.17, 15) is 9.59 Å². The number of benzene rings is 1. The number of carbonyl (C=O) groups is 2. The molecule has 0 radical (unpaired) electrons. The molecule has 3 rings (SSSR count). The van der Waals surface area contributed by atoms with Crippen molar-refractivity contribution in [2.24, 2.45) is 12.8 Å². The molecule has 0 fully saturated rings. The van der Waals surface area contributed by atoms with Gasteiger partial charge in [-0.1, -0.05) is 11.8 Å². The van der Waals surface area contributed by atoms with E-state index in [0.717, 1.165) is 24.5 Å². The SMILES string of the molecule is CCN(CC)c1ccc(-c2nnc(SCC(=O)Nc3sccc3C(N)=O)n2C)cc1. The molecule has 0 aliphatic heterocycles. The molecule has 2 amide bonds. The molecule has 2 aromatic heterocycles. The van der Waals surface area contributed by atoms with Crippen LogP contribution in [0.25, 0.3) is 11.4 Å². The smallest absolute Gasteiger partial charge is 0.251 e. The molecule has 1 aromatic carbocycles. The van der Waals surface area contributed by atoms with Crippen molar-refractivity contribution in [3.63, 3.8) is 0 Å². The lowest BCUT2D eigenvalue weighted by atomic mass is 10.2. The number of hydrogen-bond acceptors (Lipinski definition) is 7. The molecule has 0 spiro atoms. The number of rotatable bonds is 9. The standard InChI is InChI=1S/C20H24N6O2S2/c1-4-26(5-2)14-8-6-13(7-9-14)18-23-24-20(25(18)3)30-12-16(27)22-19-15(17(21)28)10-11-29-19/h6-11H,4-5,12H2,1-3H3,(H2,21,28)(H,22,27). The number of nitrogens with zero attached hydrogens (tertiary/aromatic N) is 4. The third kappa shape index (κ3) is 4.82. The first kappa shape index (κ1) is 21.8. The molecule has 0 unspecified atom stereocenters. The van der Waals surface area contributed by atoms with Gasteiger partial charge in [-0.2, -0.15) is 0 Å². The van der Waals surface area contributed by atoms with E-state index in [1.54, 1.807) is 11.4 Å². The molecule has 0 aliphatic carbocycles. The van der Waals surface area contributed by atoms with Crippen molar-refractivity contribution in [3.05, 3.63) is 41.3 Å². The molecule has 0 saturated heterocycles. The molecule has 3 N–H and O–H groups in total. The quantitative estimate of drug-likeness (QED) is 0.491. The van der Waals surface area contributed by atoms with E-state index < -0.39 is 5.91 Å². The number of hydrogen-bond donors (Lipinski definition) is 2. The van der Waals surface area contributed by atoms with Crippen molar-refractivity contribution in [2.75, 3.05) is 29.1 Å². The summed E-state index contributed by atoms with van der Waals surface area (Å²) < 4.78 is 1.87. The molecule has 8 nitrogen and oxygen atoms in total. The maximum atomic E-state index is 12.3. The highest BCUT2D eigenvalue weighted by molar-refractivity contribution is 7.99. The number of amides is 2. The largest absolute Gasteiger partial charge is 0.372 e. The van der Waals surface area contributed by atoms with E-state index in [0.29, 0.717) is 15.7 Å². The van der Waals surface area contributed by atoms with Crippen molar-refractivity contribution in [3.8, 4) is 11.4 Å². The van der Waals surface area contributed by atoms with E-state index in [1.165, 1.54) is 28.8 Å². The summed E-state index contributed by atoms with van der Waals surface area (Å²) >= 11 is 2.54. The summed E-state index contributed by atoms with van der Waals surface area (Å²) in [6.07, 6.45) is 0. The number of carbonyl (C=O) groups excluding carboxylic acids is 2. The normalized spacial score (nSPS) is 10.8. The Morgan fingerprint density at radius 1 is 1.17 bits per heavy atom. The second kappa shape index (κ2) is 9.77. The summed E-state index contributed by atoms with van der Waals surface area (Å²) in [5.41, 5.74) is 7.75. The number of thioether (sulfide) groups is 1. The number of thiophene rings is 1. The van der Waals surface area contributed by atoms with Crippen molar-refractivity contribution >= 4 is 45.6 Å². The fraction of sp³-hybridized carbons (Fsp3) is 0.300. The molecule has 0 saturated carbocycles. The lowest BCUT2D eigenvalue weighted by Gasteiger charge is -2.21. The minimum absolute atomic E-state index is 0.142. The van der Waals surface area contributed by atoms with Crippen molar-refractivity contribution in [1.29, 1.82) is 0 Å². The lowest BCUT2D eigenvalue weighted by molar-refractivity contribution is -0.113. The average molecular weight is 445 g/mol. The number of aromatic nitrogens is 3. The lowest BCUT2D eigenvalue weighted by Crippen LogP contribution is -2.21. The van der Waals surface area contributed by atoms with Gasteiger partial charge >= 0.3 is 0 Å². The molecule has 2 heterocycles. The number of nitrogens with one attached hydrogen (secondary N) is 1. The maximum absolute atomic E-state index is 12.3. The summed E-state index contributed by atoms with van der Waals surface area (Å²) in [7, 11) is 1.87. The van der Waals surface area contributed by atoms with E-state index in [2.05, 4.69) is 46.4 Å². The highest BCUT2D eigenvalue weighted by Gasteiger charge is 2.16. The Morgan fingerprint density at radius 2 is 1.87 bits per heavy atom. The van der Waals surface area contributed by atoms with Crippen LogP contribution in [0.1, 0.15) is 24.2 Å². The predicted molar refractivity (Wildman–Crippen MR) is 122 cm³/mol. The highest BCUT2D eigenvalue weighted by Crippen LogP contribution is 2.26. The van der Waals surface area contributed by atoms with Gasteiger partial charge in [0.05, 0.1) is 11.3 Å². The predicted octanol–water partition coefficient (Wildman–Crippen LogP) is 3.22. The Balaban J connectivity index is 1.64. The van der Waals surface area contributed by atoms with Crippen LogP contribution in [0.4, 0.5) is 10.7 Å². The Kier molecular flexibility index (Phi) is 7.11. The zero-order chi connectivity index (χ0) is 21.7. The van der Waals surface area contributed by atoms with Crippen LogP contribution in [0.2, 0.25) is 0 Å². The summed E-state index contributed by atoms with van der Waals surface area (Å²) in [5.74, 6) is 0.0729. The average Bonchev–Trinajstić information content (AvgIpc) is 3.34. The van der Waals surface area contributed by atoms with Crippen LogP contribution < -0.4 is 16.0 Å². The van der Waals surface area contributed by atoms with Gasteiger partial charge in [0.25, 0.3) is 5.91 Å². The zero-order valence-corrected chi connectivity index (χ0v) is 18.7. The molecule has 0 atom stereocenters. The van der Waals surface area contributed by atoms with Gasteiger partial charge in [-0.3, -0.25) is 9.59 Å². The topological polar surface area (TPSA) is 106 Å². The van der Waals surface area contributed by atoms with Crippen molar-refractivity contribution in [2.45, 2.75) is 19.0 Å². The van der Waals surface area contributed by atoms with Gasteiger partial charge in [-0.25, -0.2) is 0 Å². The van der Waals surface area contributed by atoms with Gasteiger partial charge in [-0.05, 0) is 49.6 Å².